The maximum Gasteiger partial charge on any atom is 0.250 e. The molecular formula is C22H21ClN3OS+. The van der Waals surface area contributed by atoms with Gasteiger partial charge in [0.25, 0.3) is 0 Å². The van der Waals surface area contributed by atoms with Crippen molar-refractivity contribution in [1.29, 1.82) is 0 Å². The number of halogens is 1. The SMILES string of the molecule is O=C(/C=C/c1ccc(Cl)cc1)Nc1nc2c(s1)C[NH+](Cc1ccccc1)CC2. The lowest BCUT2D eigenvalue weighted by atomic mass is 10.1. The van der Waals surface area contributed by atoms with E-state index in [-0.39, 0.29) is 5.91 Å². The van der Waals surface area contributed by atoms with Gasteiger partial charge in [-0.25, -0.2) is 4.98 Å². The van der Waals surface area contributed by atoms with E-state index in [9.17, 15) is 4.79 Å². The normalized spacial score (nSPS) is 16.1. The highest BCUT2D eigenvalue weighted by atomic mass is 35.5. The van der Waals surface area contributed by atoms with E-state index in [2.05, 4.69) is 34.6 Å². The summed E-state index contributed by atoms with van der Waals surface area (Å²) in [5.41, 5.74) is 3.41. The molecule has 2 aromatic carbocycles. The number of fused-ring (bicyclic) bond motifs is 1. The van der Waals surface area contributed by atoms with Gasteiger partial charge in [0.1, 0.15) is 13.1 Å². The summed E-state index contributed by atoms with van der Waals surface area (Å²) >= 11 is 7.46. The number of nitrogens with one attached hydrogen (secondary N) is 2. The van der Waals surface area contributed by atoms with Gasteiger partial charge in [-0.1, -0.05) is 65.4 Å². The Morgan fingerprint density at radius 2 is 1.96 bits per heavy atom. The molecule has 0 bridgehead atoms. The van der Waals surface area contributed by atoms with Gasteiger partial charge < -0.3 is 4.90 Å². The lowest BCUT2D eigenvalue weighted by Gasteiger charge is -2.22. The third kappa shape index (κ3) is 4.87. The number of hydrogen-bond acceptors (Lipinski definition) is 3. The van der Waals surface area contributed by atoms with E-state index < -0.39 is 0 Å². The summed E-state index contributed by atoms with van der Waals surface area (Å²) in [6.07, 6.45) is 4.24. The summed E-state index contributed by atoms with van der Waals surface area (Å²) in [7, 11) is 0. The number of thiazole rings is 1. The molecular weight excluding hydrogens is 390 g/mol. The molecule has 0 saturated heterocycles. The van der Waals surface area contributed by atoms with Crippen LogP contribution in [-0.2, 0) is 24.3 Å². The van der Waals surface area contributed by atoms with Crippen LogP contribution >= 0.6 is 22.9 Å². The van der Waals surface area contributed by atoms with Gasteiger partial charge in [0.2, 0.25) is 5.91 Å². The van der Waals surface area contributed by atoms with Crippen molar-refractivity contribution in [1.82, 2.24) is 4.98 Å². The van der Waals surface area contributed by atoms with Crippen LogP contribution in [0.5, 0.6) is 0 Å². The quantitative estimate of drug-likeness (QED) is 0.631. The molecule has 2 N–H and O–H groups in total. The third-order valence-corrected chi connectivity index (χ3v) is 5.99. The van der Waals surface area contributed by atoms with Gasteiger partial charge in [-0.15, -0.1) is 0 Å². The molecule has 1 atom stereocenters. The number of benzene rings is 2. The van der Waals surface area contributed by atoms with Gasteiger partial charge in [0, 0.05) is 23.1 Å². The van der Waals surface area contributed by atoms with E-state index in [0.717, 1.165) is 37.3 Å². The molecule has 0 saturated carbocycles. The van der Waals surface area contributed by atoms with Crippen molar-refractivity contribution in [2.75, 3.05) is 11.9 Å². The average Bonchev–Trinajstić information content (AvgIpc) is 3.10. The Hall–Kier alpha value is -2.47. The van der Waals surface area contributed by atoms with Gasteiger partial charge in [0.15, 0.2) is 5.13 Å². The van der Waals surface area contributed by atoms with E-state index in [1.54, 1.807) is 29.5 Å². The van der Waals surface area contributed by atoms with E-state index in [0.29, 0.717) is 10.2 Å². The zero-order valence-corrected chi connectivity index (χ0v) is 16.9. The average molecular weight is 411 g/mol. The van der Waals surface area contributed by atoms with E-state index in [1.807, 2.05) is 18.2 Å². The van der Waals surface area contributed by atoms with Crippen LogP contribution in [-0.4, -0.2) is 17.4 Å². The molecule has 4 rings (SSSR count). The molecule has 2 heterocycles. The standard InChI is InChI=1S/C22H20ClN3OS/c23-18-9-6-16(7-10-18)8-11-21(27)25-22-24-19-12-13-26(15-20(19)28-22)14-17-4-2-1-3-5-17/h1-11H,12-15H2,(H,24,25,27)/p+1/b11-8+. The highest BCUT2D eigenvalue weighted by molar-refractivity contribution is 7.15. The van der Waals surface area contributed by atoms with Crippen LogP contribution in [0.25, 0.3) is 6.08 Å². The summed E-state index contributed by atoms with van der Waals surface area (Å²) in [6.45, 7) is 3.04. The van der Waals surface area contributed by atoms with E-state index >= 15 is 0 Å². The van der Waals surface area contributed by atoms with Gasteiger partial charge in [-0.3, -0.25) is 10.1 Å². The zero-order valence-electron chi connectivity index (χ0n) is 15.3. The van der Waals surface area contributed by atoms with Gasteiger partial charge >= 0.3 is 0 Å². The maximum absolute atomic E-state index is 12.2. The zero-order chi connectivity index (χ0) is 19.3. The molecule has 1 aromatic heterocycles. The van der Waals surface area contributed by atoms with E-state index in [4.69, 9.17) is 11.6 Å². The largest absolute Gasteiger partial charge is 0.326 e. The molecule has 1 unspecified atom stereocenters. The molecule has 1 aliphatic rings. The van der Waals surface area contributed by atoms with Crippen molar-refractivity contribution >= 4 is 40.1 Å². The van der Waals surface area contributed by atoms with Gasteiger partial charge in [-0.2, -0.15) is 0 Å². The molecule has 1 aliphatic heterocycles. The first kappa shape index (κ1) is 18.9. The second kappa shape index (κ2) is 8.69. The molecule has 0 fully saturated rings. The van der Waals surface area contributed by atoms with Gasteiger partial charge in [-0.05, 0) is 23.8 Å². The minimum absolute atomic E-state index is 0.172. The number of carbonyl (C=O) groups is 1. The highest BCUT2D eigenvalue weighted by Gasteiger charge is 2.24. The Balaban J connectivity index is 1.36. The van der Waals surface area contributed by atoms with Crippen LogP contribution in [0.3, 0.4) is 0 Å². The number of amides is 1. The predicted octanol–water partition coefficient (Wildman–Crippen LogP) is 3.59. The second-order valence-corrected chi connectivity index (χ2v) is 8.37. The predicted molar refractivity (Wildman–Crippen MR) is 115 cm³/mol. The van der Waals surface area contributed by atoms with Crippen molar-refractivity contribution in [3.8, 4) is 0 Å². The Kier molecular flexibility index (Phi) is 5.86. The fraction of sp³-hybridized carbons (Fsp3) is 0.182. The van der Waals surface area contributed by atoms with Crippen LogP contribution in [0.2, 0.25) is 5.02 Å². The van der Waals surface area contributed by atoms with Crippen LogP contribution in [0, 0.1) is 0 Å². The molecule has 0 radical (unpaired) electrons. The fourth-order valence-electron chi connectivity index (χ4n) is 3.31. The number of rotatable bonds is 5. The van der Waals surface area contributed by atoms with Crippen LogP contribution < -0.4 is 10.2 Å². The minimum Gasteiger partial charge on any atom is -0.326 e. The Labute approximate surface area is 173 Å². The van der Waals surface area contributed by atoms with Crippen LogP contribution in [0.1, 0.15) is 21.7 Å². The topological polar surface area (TPSA) is 46.4 Å². The Bertz CT molecular complexity index is 983. The molecule has 0 spiro atoms. The number of carbonyl (C=O) groups excluding carboxylic acids is 1. The number of hydrogen-bond donors (Lipinski definition) is 2. The lowest BCUT2D eigenvalue weighted by molar-refractivity contribution is -0.929. The summed E-state index contributed by atoms with van der Waals surface area (Å²) < 4.78 is 0. The number of aromatic nitrogens is 1. The summed E-state index contributed by atoms with van der Waals surface area (Å²) in [5.74, 6) is -0.172. The van der Waals surface area contributed by atoms with Crippen LogP contribution in [0.15, 0.2) is 60.7 Å². The Morgan fingerprint density at radius 3 is 2.75 bits per heavy atom. The first-order valence-corrected chi connectivity index (χ1v) is 10.5. The summed E-state index contributed by atoms with van der Waals surface area (Å²) in [4.78, 5) is 19.6. The van der Waals surface area contributed by atoms with Crippen molar-refractivity contribution < 1.29 is 9.69 Å². The van der Waals surface area contributed by atoms with E-state index in [1.165, 1.54) is 21.4 Å². The molecule has 3 aromatic rings. The summed E-state index contributed by atoms with van der Waals surface area (Å²) in [6, 6.07) is 17.9. The molecule has 28 heavy (non-hydrogen) atoms. The second-order valence-electron chi connectivity index (χ2n) is 6.85. The van der Waals surface area contributed by atoms with Crippen molar-refractivity contribution in [2.24, 2.45) is 0 Å². The first-order chi connectivity index (χ1) is 13.7. The van der Waals surface area contributed by atoms with Crippen molar-refractivity contribution in [3.05, 3.63) is 87.4 Å². The minimum atomic E-state index is -0.172. The smallest absolute Gasteiger partial charge is 0.250 e. The monoisotopic (exact) mass is 410 g/mol. The first-order valence-electron chi connectivity index (χ1n) is 9.26. The maximum atomic E-state index is 12.2. The molecule has 1 amide bonds. The highest BCUT2D eigenvalue weighted by Crippen LogP contribution is 2.24. The molecule has 142 valence electrons. The van der Waals surface area contributed by atoms with Gasteiger partial charge in [0.05, 0.1) is 17.1 Å². The summed E-state index contributed by atoms with van der Waals surface area (Å²) in [5, 5.41) is 4.25. The number of nitrogens with zero attached hydrogens (tertiary/aromatic N) is 1. The lowest BCUT2D eigenvalue weighted by Crippen LogP contribution is -3.10. The van der Waals surface area contributed by atoms with Crippen molar-refractivity contribution in [3.63, 3.8) is 0 Å². The number of quaternary nitrogens is 1. The molecule has 0 aliphatic carbocycles. The van der Waals surface area contributed by atoms with Crippen molar-refractivity contribution in [2.45, 2.75) is 19.5 Å². The fourth-order valence-corrected chi connectivity index (χ4v) is 4.52. The third-order valence-electron chi connectivity index (χ3n) is 4.73. The Morgan fingerprint density at radius 1 is 1.18 bits per heavy atom. The number of anilines is 1. The van der Waals surface area contributed by atoms with Crippen LogP contribution in [0.4, 0.5) is 5.13 Å². The molecule has 6 heteroatoms. The molecule has 4 nitrogen and oxygen atoms in total.